The average Bonchev–Trinajstić information content (AvgIpc) is 3.16. The van der Waals surface area contributed by atoms with E-state index in [0.717, 1.165) is 63.0 Å². The number of para-hydroxylation sites is 1. The van der Waals surface area contributed by atoms with Crippen LogP contribution in [0.25, 0.3) is 10.9 Å². The predicted octanol–water partition coefficient (Wildman–Crippen LogP) is 3.75. The highest BCUT2D eigenvalue weighted by Crippen LogP contribution is 2.25. The molecule has 0 saturated carbocycles. The lowest BCUT2D eigenvalue weighted by Gasteiger charge is -2.31. The molecule has 1 aliphatic rings. The first-order chi connectivity index (χ1) is 15.5. The number of nitrogens with zero attached hydrogens (tertiary/aromatic N) is 4. The minimum Gasteiger partial charge on any atom is -0.383 e. The van der Waals surface area contributed by atoms with Crippen LogP contribution in [-0.4, -0.2) is 65.9 Å². The van der Waals surface area contributed by atoms with Crippen molar-refractivity contribution in [3.8, 4) is 0 Å². The summed E-state index contributed by atoms with van der Waals surface area (Å²) < 4.78 is 6.95. The first kappa shape index (κ1) is 22.5. The maximum absolute atomic E-state index is 13.1. The number of amides is 1. The molecular formula is C26H34N4O2. The van der Waals surface area contributed by atoms with Gasteiger partial charge in [0, 0.05) is 45.7 Å². The molecule has 6 heteroatoms. The summed E-state index contributed by atoms with van der Waals surface area (Å²) in [5.41, 5.74) is 4.29. The molecule has 1 aliphatic heterocycles. The van der Waals surface area contributed by atoms with E-state index in [2.05, 4.69) is 41.3 Å². The van der Waals surface area contributed by atoms with Crippen LogP contribution in [0.5, 0.6) is 0 Å². The van der Waals surface area contributed by atoms with Crippen molar-refractivity contribution >= 4 is 16.8 Å². The Bertz CT molecular complexity index is 1040. The number of methoxy groups -OCH3 is 1. The van der Waals surface area contributed by atoms with Gasteiger partial charge in [0.25, 0.3) is 5.91 Å². The number of likely N-dealkylation sites (N-methyl/N-ethyl adjacent to an activating group) is 1. The Morgan fingerprint density at radius 1 is 1.09 bits per heavy atom. The Balaban J connectivity index is 1.30. The molecule has 0 unspecified atom stereocenters. The highest BCUT2D eigenvalue weighted by atomic mass is 16.5. The molecule has 3 aromatic rings. The van der Waals surface area contributed by atoms with E-state index in [4.69, 9.17) is 4.74 Å². The molecule has 2 aromatic carbocycles. The molecule has 0 atom stereocenters. The predicted molar refractivity (Wildman–Crippen MR) is 128 cm³/mol. The number of benzene rings is 2. The molecule has 4 rings (SSSR count). The first-order valence-electron chi connectivity index (χ1n) is 11.5. The minimum absolute atomic E-state index is 0.0576. The molecule has 0 radical (unpaired) electrons. The second kappa shape index (κ2) is 10.3. The zero-order valence-electron chi connectivity index (χ0n) is 19.5. The van der Waals surface area contributed by atoms with Crippen molar-refractivity contribution in [1.82, 2.24) is 19.6 Å². The number of piperidine rings is 1. The molecule has 0 N–H and O–H groups in total. The first-order valence-corrected chi connectivity index (χ1v) is 11.5. The molecule has 0 spiro atoms. The van der Waals surface area contributed by atoms with E-state index in [0.29, 0.717) is 11.6 Å². The lowest BCUT2D eigenvalue weighted by atomic mass is 9.89. The Hall–Kier alpha value is -2.70. The number of likely N-dealkylation sites (tertiary alicyclic amines) is 1. The maximum atomic E-state index is 13.1. The summed E-state index contributed by atoms with van der Waals surface area (Å²) >= 11 is 0. The topological polar surface area (TPSA) is 50.6 Å². The largest absolute Gasteiger partial charge is 0.383 e. The van der Waals surface area contributed by atoms with Crippen LogP contribution < -0.4 is 0 Å². The standard InChI is InChI=1S/C26H34N4O2/c1-28(16-17-32-3)19-22-10-8-20(9-11-22)18-21-12-14-30(15-13-21)26(31)25-23-6-4-5-7-24(23)29(2)27-25/h4-11,21H,12-19H2,1-3H3. The van der Waals surface area contributed by atoms with Crippen LogP contribution in [0.1, 0.15) is 34.5 Å². The van der Waals surface area contributed by atoms with Crippen molar-refractivity contribution in [2.75, 3.05) is 40.4 Å². The van der Waals surface area contributed by atoms with Crippen LogP contribution in [0.4, 0.5) is 0 Å². The summed E-state index contributed by atoms with van der Waals surface area (Å²) in [6.07, 6.45) is 3.16. The molecule has 1 aromatic heterocycles. The maximum Gasteiger partial charge on any atom is 0.275 e. The van der Waals surface area contributed by atoms with Gasteiger partial charge in [0.1, 0.15) is 0 Å². The summed E-state index contributed by atoms with van der Waals surface area (Å²) in [6.45, 7) is 4.23. The van der Waals surface area contributed by atoms with Crippen LogP contribution in [-0.2, 0) is 24.8 Å². The Morgan fingerprint density at radius 2 is 1.78 bits per heavy atom. The van der Waals surface area contributed by atoms with Gasteiger partial charge < -0.3 is 9.64 Å². The third kappa shape index (κ3) is 5.19. The Kier molecular flexibility index (Phi) is 7.22. The molecule has 0 bridgehead atoms. The number of ether oxygens (including phenoxy) is 1. The highest BCUT2D eigenvalue weighted by molar-refractivity contribution is 6.04. The average molecular weight is 435 g/mol. The number of fused-ring (bicyclic) bond motifs is 1. The van der Waals surface area contributed by atoms with Crippen LogP contribution in [0, 0.1) is 5.92 Å². The number of carbonyl (C=O) groups is 1. The second-order valence-corrected chi connectivity index (χ2v) is 8.98. The number of aromatic nitrogens is 2. The molecule has 1 saturated heterocycles. The van der Waals surface area contributed by atoms with Gasteiger partial charge >= 0.3 is 0 Å². The number of rotatable bonds is 8. The SMILES string of the molecule is COCCN(C)Cc1ccc(CC2CCN(C(=O)c3nn(C)c4ccccc34)CC2)cc1. The quantitative estimate of drug-likeness (QED) is 0.542. The summed E-state index contributed by atoms with van der Waals surface area (Å²) in [7, 11) is 5.76. The molecule has 2 heterocycles. The zero-order chi connectivity index (χ0) is 22.5. The number of carbonyl (C=O) groups excluding carboxylic acids is 1. The Morgan fingerprint density at radius 3 is 2.50 bits per heavy atom. The van der Waals surface area contributed by atoms with Gasteiger partial charge in [-0.3, -0.25) is 14.4 Å². The number of aryl methyl sites for hydroxylation is 1. The minimum atomic E-state index is 0.0576. The van der Waals surface area contributed by atoms with Crippen LogP contribution in [0.2, 0.25) is 0 Å². The normalized spacial score (nSPS) is 15.1. The van der Waals surface area contributed by atoms with Crippen molar-refractivity contribution in [3.05, 3.63) is 65.4 Å². The molecule has 6 nitrogen and oxygen atoms in total. The van der Waals surface area contributed by atoms with Gasteiger partial charge in [-0.2, -0.15) is 5.10 Å². The summed E-state index contributed by atoms with van der Waals surface area (Å²) in [6, 6.07) is 16.9. The van der Waals surface area contributed by atoms with Gasteiger partial charge in [-0.05, 0) is 49.4 Å². The van der Waals surface area contributed by atoms with Gasteiger partial charge in [-0.1, -0.05) is 42.5 Å². The zero-order valence-corrected chi connectivity index (χ0v) is 19.5. The van der Waals surface area contributed by atoms with Crippen molar-refractivity contribution in [1.29, 1.82) is 0 Å². The lowest BCUT2D eigenvalue weighted by molar-refractivity contribution is 0.0685. The third-order valence-electron chi connectivity index (χ3n) is 6.54. The van der Waals surface area contributed by atoms with E-state index >= 15 is 0 Å². The summed E-state index contributed by atoms with van der Waals surface area (Å²) in [5, 5.41) is 5.45. The van der Waals surface area contributed by atoms with Crippen LogP contribution >= 0.6 is 0 Å². The fourth-order valence-electron chi connectivity index (χ4n) is 4.61. The smallest absolute Gasteiger partial charge is 0.275 e. The summed E-state index contributed by atoms with van der Waals surface area (Å²) in [5.74, 6) is 0.678. The third-order valence-corrected chi connectivity index (χ3v) is 6.54. The molecule has 170 valence electrons. The van der Waals surface area contributed by atoms with E-state index in [9.17, 15) is 4.79 Å². The lowest BCUT2D eigenvalue weighted by Crippen LogP contribution is -2.39. The summed E-state index contributed by atoms with van der Waals surface area (Å²) in [4.78, 5) is 17.4. The van der Waals surface area contributed by atoms with Crippen molar-refractivity contribution in [2.24, 2.45) is 13.0 Å². The van der Waals surface area contributed by atoms with E-state index < -0.39 is 0 Å². The number of hydrogen-bond acceptors (Lipinski definition) is 4. The highest BCUT2D eigenvalue weighted by Gasteiger charge is 2.26. The molecule has 1 amide bonds. The monoisotopic (exact) mass is 434 g/mol. The van der Waals surface area contributed by atoms with Gasteiger partial charge in [0.2, 0.25) is 0 Å². The van der Waals surface area contributed by atoms with Gasteiger partial charge in [-0.15, -0.1) is 0 Å². The second-order valence-electron chi connectivity index (χ2n) is 8.98. The van der Waals surface area contributed by atoms with Crippen molar-refractivity contribution in [2.45, 2.75) is 25.8 Å². The molecular weight excluding hydrogens is 400 g/mol. The van der Waals surface area contributed by atoms with E-state index in [-0.39, 0.29) is 5.91 Å². The van der Waals surface area contributed by atoms with Crippen molar-refractivity contribution in [3.63, 3.8) is 0 Å². The van der Waals surface area contributed by atoms with Gasteiger partial charge in [0.05, 0.1) is 12.1 Å². The van der Waals surface area contributed by atoms with Crippen molar-refractivity contribution < 1.29 is 9.53 Å². The number of hydrogen-bond donors (Lipinski definition) is 0. The molecule has 1 fully saturated rings. The fraction of sp³-hybridized carbons (Fsp3) is 0.462. The van der Waals surface area contributed by atoms with Gasteiger partial charge in [-0.25, -0.2) is 0 Å². The molecule has 0 aliphatic carbocycles. The van der Waals surface area contributed by atoms with E-state index in [1.54, 1.807) is 11.8 Å². The van der Waals surface area contributed by atoms with Gasteiger partial charge in [0.15, 0.2) is 5.69 Å². The molecule has 32 heavy (non-hydrogen) atoms. The van der Waals surface area contributed by atoms with E-state index in [1.807, 2.05) is 36.2 Å². The van der Waals surface area contributed by atoms with Crippen LogP contribution in [0.3, 0.4) is 0 Å². The van der Waals surface area contributed by atoms with E-state index in [1.165, 1.54) is 11.1 Å². The Labute approximate surface area is 190 Å². The van der Waals surface area contributed by atoms with Crippen LogP contribution in [0.15, 0.2) is 48.5 Å². The fourth-order valence-corrected chi connectivity index (χ4v) is 4.61.